The van der Waals surface area contributed by atoms with E-state index < -0.39 is 0 Å². The van der Waals surface area contributed by atoms with E-state index in [1.807, 2.05) is 0 Å². The molecule has 0 heteroatoms. The normalized spacial score (nSPS) is 64.2. The van der Waals surface area contributed by atoms with Crippen molar-refractivity contribution >= 4 is 0 Å². The van der Waals surface area contributed by atoms with Gasteiger partial charge in [-0.05, 0) is 28.6 Å². The van der Waals surface area contributed by atoms with Gasteiger partial charge in [0.05, 0.1) is 0 Å². The molecular weight excluding hydrogens is 120 g/mol. The van der Waals surface area contributed by atoms with Crippen molar-refractivity contribution in [3.05, 3.63) is 0 Å². The van der Waals surface area contributed by atoms with Crippen LogP contribution in [0.3, 0.4) is 0 Å². The Morgan fingerprint density at radius 2 is 1.50 bits per heavy atom. The zero-order chi connectivity index (χ0) is 7.73. The molecule has 0 radical (unpaired) electrons. The average Bonchev–Trinajstić information content (AvgIpc) is 2.54. The van der Waals surface area contributed by atoms with Gasteiger partial charge in [0.2, 0.25) is 0 Å². The van der Waals surface area contributed by atoms with Crippen molar-refractivity contribution in [2.75, 3.05) is 0 Å². The van der Waals surface area contributed by atoms with Gasteiger partial charge in [-0.2, -0.15) is 0 Å². The third kappa shape index (κ3) is 0.320. The molecule has 0 N–H and O–H groups in total. The molecule has 2 rings (SSSR count). The Morgan fingerprint density at radius 1 is 1.10 bits per heavy atom. The molecule has 58 valence electrons. The molecular formula is C10H18. The summed E-state index contributed by atoms with van der Waals surface area (Å²) >= 11 is 0. The van der Waals surface area contributed by atoms with Crippen molar-refractivity contribution in [2.24, 2.45) is 28.6 Å². The SMILES string of the molecule is CC(C)C12C(C)C1(C)C2C. The Morgan fingerprint density at radius 3 is 1.50 bits per heavy atom. The van der Waals surface area contributed by atoms with Gasteiger partial charge in [0.1, 0.15) is 0 Å². The number of fused-ring (bicyclic) bond motifs is 1. The fourth-order valence-corrected chi connectivity index (χ4v) is 4.15. The van der Waals surface area contributed by atoms with Crippen molar-refractivity contribution in [1.82, 2.24) is 0 Å². The zero-order valence-corrected chi connectivity index (χ0v) is 7.73. The average molecular weight is 138 g/mol. The molecule has 10 heavy (non-hydrogen) atoms. The van der Waals surface area contributed by atoms with Gasteiger partial charge in [0.25, 0.3) is 0 Å². The molecule has 0 aromatic carbocycles. The molecule has 0 nitrogen and oxygen atoms in total. The van der Waals surface area contributed by atoms with Gasteiger partial charge >= 0.3 is 0 Å². The van der Waals surface area contributed by atoms with E-state index in [2.05, 4.69) is 34.6 Å². The standard InChI is InChI=1S/C10H18/c1-6(2)10-7(3)9(10,5)8(10)4/h6-8H,1-5H3. The van der Waals surface area contributed by atoms with Crippen LogP contribution in [0.25, 0.3) is 0 Å². The smallest absolute Gasteiger partial charge is 0.0153 e. The van der Waals surface area contributed by atoms with Crippen LogP contribution in [-0.2, 0) is 0 Å². The number of hydrogen-bond donors (Lipinski definition) is 0. The lowest BCUT2D eigenvalue weighted by molar-refractivity contribution is 0.314. The lowest BCUT2D eigenvalue weighted by Crippen LogP contribution is -2.11. The van der Waals surface area contributed by atoms with Gasteiger partial charge in [0, 0.05) is 0 Å². The maximum atomic E-state index is 2.46. The third-order valence-electron chi connectivity index (χ3n) is 4.95. The first kappa shape index (κ1) is 6.69. The molecule has 2 unspecified atom stereocenters. The summed E-state index contributed by atoms with van der Waals surface area (Å²) in [5, 5.41) is 0. The number of rotatable bonds is 1. The van der Waals surface area contributed by atoms with Crippen LogP contribution < -0.4 is 0 Å². The largest absolute Gasteiger partial charge is 0.0622 e. The molecule has 0 aromatic rings. The molecule has 2 aliphatic rings. The van der Waals surface area contributed by atoms with Gasteiger partial charge in [0.15, 0.2) is 0 Å². The second kappa shape index (κ2) is 1.31. The molecule has 0 bridgehead atoms. The predicted molar refractivity (Wildman–Crippen MR) is 43.7 cm³/mol. The Balaban J connectivity index is 2.24. The summed E-state index contributed by atoms with van der Waals surface area (Å²) in [5.74, 6) is 2.92. The van der Waals surface area contributed by atoms with Gasteiger partial charge in [-0.25, -0.2) is 0 Å². The highest BCUT2D eigenvalue weighted by atomic mass is 14.9. The van der Waals surface area contributed by atoms with E-state index in [4.69, 9.17) is 0 Å². The maximum absolute atomic E-state index is 2.46. The summed E-state index contributed by atoms with van der Waals surface area (Å²) < 4.78 is 0. The molecule has 0 aromatic heterocycles. The van der Waals surface area contributed by atoms with E-state index in [1.54, 1.807) is 0 Å². The van der Waals surface area contributed by atoms with E-state index in [-0.39, 0.29) is 0 Å². The maximum Gasteiger partial charge on any atom is -0.0153 e. The quantitative estimate of drug-likeness (QED) is 0.522. The second-order valence-electron chi connectivity index (χ2n) is 4.81. The van der Waals surface area contributed by atoms with Gasteiger partial charge < -0.3 is 0 Å². The van der Waals surface area contributed by atoms with Crippen LogP contribution in [0.15, 0.2) is 0 Å². The molecule has 0 spiro atoms. The minimum atomic E-state index is 0.751. The molecule has 2 aliphatic carbocycles. The first-order chi connectivity index (χ1) is 4.50. The first-order valence-corrected chi connectivity index (χ1v) is 4.50. The highest BCUT2D eigenvalue weighted by molar-refractivity contribution is 5.38. The van der Waals surface area contributed by atoms with E-state index >= 15 is 0 Å². The molecule has 0 heterocycles. The van der Waals surface area contributed by atoms with Gasteiger partial charge in [-0.1, -0.05) is 34.6 Å². The van der Waals surface area contributed by atoms with E-state index in [9.17, 15) is 0 Å². The molecule has 0 aliphatic heterocycles. The van der Waals surface area contributed by atoms with Crippen molar-refractivity contribution in [3.63, 3.8) is 0 Å². The van der Waals surface area contributed by atoms with Crippen LogP contribution in [0, 0.1) is 28.6 Å². The minimum Gasteiger partial charge on any atom is -0.0622 e. The van der Waals surface area contributed by atoms with E-state index in [0.29, 0.717) is 0 Å². The van der Waals surface area contributed by atoms with Gasteiger partial charge in [-0.3, -0.25) is 0 Å². The topological polar surface area (TPSA) is 0 Å². The van der Waals surface area contributed by atoms with Crippen molar-refractivity contribution < 1.29 is 0 Å². The van der Waals surface area contributed by atoms with Crippen LogP contribution in [-0.4, -0.2) is 0 Å². The van der Waals surface area contributed by atoms with Crippen LogP contribution in [0.4, 0.5) is 0 Å². The summed E-state index contributed by atoms with van der Waals surface area (Å²) in [6.07, 6.45) is 0. The summed E-state index contributed by atoms with van der Waals surface area (Å²) in [6.45, 7) is 12.1. The van der Waals surface area contributed by atoms with Crippen molar-refractivity contribution in [1.29, 1.82) is 0 Å². The minimum absolute atomic E-state index is 0.751. The Kier molecular flexibility index (Phi) is 0.874. The molecule has 0 saturated heterocycles. The van der Waals surface area contributed by atoms with Crippen molar-refractivity contribution in [3.8, 4) is 0 Å². The van der Waals surface area contributed by atoms with Crippen LogP contribution >= 0.6 is 0 Å². The fourth-order valence-electron chi connectivity index (χ4n) is 4.15. The predicted octanol–water partition coefficient (Wildman–Crippen LogP) is 2.93. The van der Waals surface area contributed by atoms with Crippen LogP contribution in [0.1, 0.15) is 34.6 Å². The molecule has 2 atom stereocenters. The highest BCUT2D eigenvalue weighted by Crippen LogP contribution is 2.95. The van der Waals surface area contributed by atoms with E-state index in [0.717, 1.165) is 28.6 Å². The summed E-state index contributed by atoms with van der Waals surface area (Å²) in [4.78, 5) is 0. The van der Waals surface area contributed by atoms with Crippen LogP contribution in [0.2, 0.25) is 0 Å². The summed E-state index contributed by atoms with van der Waals surface area (Å²) in [5.41, 5.74) is 1.52. The Labute approximate surface area is 64.0 Å². The fraction of sp³-hybridized carbons (Fsp3) is 1.00. The molecule has 2 fully saturated rings. The highest BCUT2D eigenvalue weighted by Gasteiger charge is 2.91. The summed E-state index contributed by atoms with van der Waals surface area (Å²) in [6, 6.07) is 0. The Bertz CT molecular complexity index is 159. The molecule has 0 amide bonds. The monoisotopic (exact) mass is 138 g/mol. The number of hydrogen-bond acceptors (Lipinski definition) is 0. The van der Waals surface area contributed by atoms with E-state index in [1.165, 1.54) is 0 Å². The lowest BCUT2D eigenvalue weighted by Gasteiger charge is -2.16. The van der Waals surface area contributed by atoms with Gasteiger partial charge in [-0.15, -0.1) is 0 Å². The third-order valence-corrected chi connectivity index (χ3v) is 4.95. The first-order valence-electron chi connectivity index (χ1n) is 4.50. The lowest BCUT2D eigenvalue weighted by atomic mass is 9.88. The molecule has 2 saturated carbocycles. The Hall–Kier alpha value is 0. The second-order valence-corrected chi connectivity index (χ2v) is 4.81. The van der Waals surface area contributed by atoms with Crippen LogP contribution in [0.5, 0.6) is 0 Å². The summed E-state index contributed by atoms with van der Waals surface area (Å²) in [7, 11) is 0. The zero-order valence-electron chi connectivity index (χ0n) is 7.73. The van der Waals surface area contributed by atoms with Crippen molar-refractivity contribution in [2.45, 2.75) is 34.6 Å².